The van der Waals surface area contributed by atoms with Crippen molar-refractivity contribution in [3.05, 3.63) is 11.1 Å². The second-order valence-corrected chi connectivity index (χ2v) is 7.31. The summed E-state index contributed by atoms with van der Waals surface area (Å²) in [4.78, 5) is 5.02. The maximum Gasteiger partial charge on any atom is 0.234 e. The van der Waals surface area contributed by atoms with E-state index in [4.69, 9.17) is 0 Å². The molecule has 0 amide bonds. The van der Waals surface area contributed by atoms with Crippen molar-refractivity contribution in [2.45, 2.75) is 32.6 Å². The van der Waals surface area contributed by atoms with Gasteiger partial charge in [-0.05, 0) is 25.7 Å². The van der Waals surface area contributed by atoms with Gasteiger partial charge in [-0.1, -0.05) is 12.8 Å². The van der Waals surface area contributed by atoms with Gasteiger partial charge >= 0.3 is 0 Å². The fourth-order valence-electron chi connectivity index (χ4n) is 2.06. The first kappa shape index (κ1) is 11.9. The molecule has 1 aromatic heterocycles. The summed E-state index contributed by atoms with van der Waals surface area (Å²) in [6, 6.07) is 0. The van der Waals surface area contributed by atoms with Gasteiger partial charge in [0.25, 0.3) is 0 Å². The Bertz CT molecular complexity index is 447. The van der Waals surface area contributed by atoms with Gasteiger partial charge in [0, 0.05) is 11.1 Å². The highest BCUT2D eigenvalue weighted by atomic mass is 32.2. The van der Waals surface area contributed by atoms with Crippen molar-refractivity contribution >= 4 is 26.5 Å². The molecule has 0 atom stereocenters. The van der Waals surface area contributed by atoms with E-state index in [9.17, 15) is 8.42 Å². The van der Waals surface area contributed by atoms with Gasteiger partial charge in [0.15, 0.2) is 5.13 Å². The highest BCUT2D eigenvalue weighted by molar-refractivity contribution is 7.92. The van der Waals surface area contributed by atoms with Crippen LogP contribution >= 0.6 is 11.3 Å². The van der Waals surface area contributed by atoms with Crippen molar-refractivity contribution in [3.8, 4) is 0 Å². The number of anilines is 1. The van der Waals surface area contributed by atoms with Gasteiger partial charge < -0.3 is 0 Å². The number of aromatic nitrogens is 1. The van der Waals surface area contributed by atoms with Crippen LogP contribution in [0.25, 0.3) is 0 Å². The van der Waals surface area contributed by atoms with Gasteiger partial charge in [0.2, 0.25) is 10.0 Å². The standard InChI is InChI=1S/C10H16N2O2S2/c1-8-6-11-10(15-8)12-16(13,14)7-9-4-2-3-5-9/h6,9H,2-5,7H2,1H3,(H,11,12). The second kappa shape index (κ2) is 4.71. The van der Waals surface area contributed by atoms with Crippen molar-refractivity contribution in [2.24, 2.45) is 5.92 Å². The van der Waals surface area contributed by atoms with Crippen molar-refractivity contribution in [1.29, 1.82) is 0 Å². The van der Waals surface area contributed by atoms with Crippen LogP contribution in [0.1, 0.15) is 30.6 Å². The lowest BCUT2D eigenvalue weighted by atomic mass is 10.1. The predicted molar refractivity (Wildman–Crippen MR) is 66.2 cm³/mol. The molecule has 1 aromatic rings. The topological polar surface area (TPSA) is 59.1 Å². The van der Waals surface area contributed by atoms with Gasteiger partial charge in [0.05, 0.1) is 5.75 Å². The van der Waals surface area contributed by atoms with Crippen molar-refractivity contribution in [2.75, 3.05) is 10.5 Å². The summed E-state index contributed by atoms with van der Waals surface area (Å²) >= 11 is 1.37. The molecule has 1 saturated carbocycles. The van der Waals surface area contributed by atoms with E-state index in [0.29, 0.717) is 11.0 Å². The maximum atomic E-state index is 11.8. The summed E-state index contributed by atoms with van der Waals surface area (Å²) < 4.78 is 26.2. The zero-order valence-corrected chi connectivity index (χ0v) is 10.9. The quantitative estimate of drug-likeness (QED) is 0.904. The number of sulfonamides is 1. The molecule has 1 aliphatic carbocycles. The van der Waals surface area contributed by atoms with E-state index >= 15 is 0 Å². The predicted octanol–water partition coefficient (Wildman–Crippen LogP) is 2.38. The maximum absolute atomic E-state index is 11.8. The Kier molecular flexibility index (Phi) is 3.49. The molecule has 90 valence electrons. The minimum Gasteiger partial charge on any atom is -0.259 e. The molecule has 0 aliphatic heterocycles. The SMILES string of the molecule is Cc1cnc(NS(=O)(=O)CC2CCCC2)s1. The second-order valence-electron chi connectivity index (χ2n) is 4.31. The molecule has 2 rings (SSSR count). The third-order valence-electron chi connectivity index (χ3n) is 2.79. The molecule has 1 fully saturated rings. The lowest BCUT2D eigenvalue weighted by Gasteiger charge is -2.09. The number of hydrogen-bond donors (Lipinski definition) is 1. The van der Waals surface area contributed by atoms with Gasteiger partial charge in [-0.15, -0.1) is 11.3 Å². The number of thiazole rings is 1. The van der Waals surface area contributed by atoms with E-state index in [1.807, 2.05) is 6.92 Å². The number of nitrogens with one attached hydrogen (secondary N) is 1. The molecule has 0 unspecified atom stereocenters. The van der Waals surface area contributed by atoms with Crippen LogP contribution < -0.4 is 4.72 Å². The average Bonchev–Trinajstić information content (AvgIpc) is 2.76. The van der Waals surface area contributed by atoms with Crippen LogP contribution in [-0.4, -0.2) is 19.2 Å². The lowest BCUT2D eigenvalue weighted by Crippen LogP contribution is -2.21. The van der Waals surface area contributed by atoms with Gasteiger partial charge in [0.1, 0.15) is 0 Å². The molecule has 4 nitrogen and oxygen atoms in total. The van der Waals surface area contributed by atoms with Crippen LogP contribution in [-0.2, 0) is 10.0 Å². The zero-order valence-electron chi connectivity index (χ0n) is 9.27. The smallest absolute Gasteiger partial charge is 0.234 e. The van der Waals surface area contributed by atoms with E-state index in [2.05, 4.69) is 9.71 Å². The van der Waals surface area contributed by atoms with Crippen molar-refractivity contribution in [1.82, 2.24) is 4.98 Å². The minimum atomic E-state index is -3.21. The molecule has 1 N–H and O–H groups in total. The van der Waals surface area contributed by atoms with Crippen LogP contribution in [0.2, 0.25) is 0 Å². The fourth-order valence-corrected chi connectivity index (χ4v) is 4.48. The van der Waals surface area contributed by atoms with E-state index in [0.717, 1.165) is 30.6 Å². The summed E-state index contributed by atoms with van der Waals surface area (Å²) in [5.74, 6) is 0.574. The van der Waals surface area contributed by atoms with E-state index in [1.54, 1.807) is 6.20 Å². The van der Waals surface area contributed by atoms with Crippen LogP contribution in [0.3, 0.4) is 0 Å². The van der Waals surface area contributed by atoms with Crippen LogP contribution in [0.15, 0.2) is 6.20 Å². The molecule has 0 saturated heterocycles. The first-order chi connectivity index (χ1) is 7.55. The zero-order chi connectivity index (χ0) is 11.6. The third kappa shape index (κ3) is 3.18. The van der Waals surface area contributed by atoms with E-state index in [1.165, 1.54) is 11.3 Å². The number of rotatable bonds is 4. The lowest BCUT2D eigenvalue weighted by molar-refractivity contribution is 0.563. The third-order valence-corrected chi connectivity index (χ3v) is 5.17. The average molecular weight is 260 g/mol. The summed E-state index contributed by atoms with van der Waals surface area (Å²) in [5, 5.41) is 0.482. The minimum absolute atomic E-state index is 0.242. The van der Waals surface area contributed by atoms with Gasteiger partial charge in [-0.25, -0.2) is 13.4 Å². The van der Waals surface area contributed by atoms with Gasteiger partial charge in [-0.2, -0.15) is 0 Å². The molecular weight excluding hydrogens is 244 g/mol. The Morgan fingerprint density at radius 1 is 1.50 bits per heavy atom. The van der Waals surface area contributed by atoms with Crippen LogP contribution in [0.4, 0.5) is 5.13 Å². The Labute approximate surface area is 100 Å². The molecule has 16 heavy (non-hydrogen) atoms. The number of aryl methyl sites for hydroxylation is 1. The Morgan fingerprint density at radius 3 is 2.75 bits per heavy atom. The first-order valence-electron chi connectivity index (χ1n) is 5.48. The fraction of sp³-hybridized carbons (Fsp3) is 0.700. The first-order valence-corrected chi connectivity index (χ1v) is 7.95. The van der Waals surface area contributed by atoms with Crippen LogP contribution in [0.5, 0.6) is 0 Å². The van der Waals surface area contributed by atoms with E-state index in [-0.39, 0.29) is 5.75 Å². The number of nitrogens with zero attached hydrogens (tertiary/aromatic N) is 1. The summed E-state index contributed by atoms with van der Waals surface area (Å²) in [6.07, 6.45) is 6.08. The normalized spacial score (nSPS) is 17.8. The molecule has 0 aromatic carbocycles. The summed E-state index contributed by atoms with van der Waals surface area (Å²) in [7, 11) is -3.21. The highest BCUT2D eigenvalue weighted by Crippen LogP contribution is 2.27. The molecular formula is C10H16N2O2S2. The van der Waals surface area contributed by atoms with Crippen LogP contribution in [0, 0.1) is 12.8 Å². The molecule has 0 bridgehead atoms. The monoisotopic (exact) mass is 260 g/mol. The molecule has 1 heterocycles. The van der Waals surface area contributed by atoms with E-state index < -0.39 is 10.0 Å². The molecule has 0 spiro atoms. The molecule has 1 aliphatic rings. The van der Waals surface area contributed by atoms with Gasteiger partial charge in [-0.3, -0.25) is 4.72 Å². The van der Waals surface area contributed by atoms with Crippen molar-refractivity contribution < 1.29 is 8.42 Å². The van der Waals surface area contributed by atoms with Crippen molar-refractivity contribution in [3.63, 3.8) is 0 Å². The molecule has 6 heteroatoms. The summed E-state index contributed by atoms with van der Waals surface area (Å²) in [5.41, 5.74) is 0. The number of hydrogen-bond acceptors (Lipinski definition) is 4. The Balaban J connectivity index is 1.96. The molecule has 0 radical (unpaired) electrons. The summed E-state index contributed by atoms with van der Waals surface area (Å²) in [6.45, 7) is 1.91. The highest BCUT2D eigenvalue weighted by Gasteiger charge is 2.23. The largest absolute Gasteiger partial charge is 0.259 e. The Morgan fingerprint density at radius 2 is 2.19 bits per heavy atom. The Hall–Kier alpha value is -0.620.